The van der Waals surface area contributed by atoms with Gasteiger partial charge in [0.1, 0.15) is 5.82 Å². The van der Waals surface area contributed by atoms with E-state index in [9.17, 15) is 5.11 Å². The van der Waals surface area contributed by atoms with Crippen molar-refractivity contribution in [1.82, 2.24) is 4.98 Å². The van der Waals surface area contributed by atoms with Crippen molar-refractivity contribution in [2.24, 2.45) is 0 Å². The van der Waals surface area contributed by atoms with Gasteiger partial charge < -0.3 is 14.7 Å². The molecular weight excluding hydrogens is 272 g/mol. The number of ether oxygens (including phenoxy) is 1. The Bertz CT molecular complexity index is 344. The molecule has 1 aliphatic heterocycles. The Hall–Kier alpha value is -0.650. The summed E-state index contributed by atoms with van der Waals surface area (Å²) in [5.41, 5.74) is 0. The van der Waals surface area contributed by atoms with Crippen molar-refractivity contribution in [3.63, 3.8) is 0 Å². The fraction of sp³-hybridized carbons (Fsp3) is 0.545. The maximum absolute atomic E-state index is 9.33. The van der Waals surface area contributed by atoms with E-state index in [1.165, 1.54) is 0 Å². The predicted octanol–water partition coefficient (Wildman–Crippen LogP) is 1.43. The van der Waals surface area contributed by atoms with Crippen molar-refractivity contribution in [2.75, 3.05) is 25.2 Å². The van der Waals surface area contributed by atoms with Crippen molar-refractivity contribution in [2.45, 2.75) is 18.6 Å². The van der Waals surface area contributed by atoms with E-state index >= 15 is 0 Å². The van der Waals surface area contributed by atoms with E-state index < -0.39 is 0 Å². The molecule has 2 rings (SSSR count). The summed E-state index contributed by atoms with van der Waals surface area (Å²) in [6, 6.07) is 4.01. The first-order valence-corrected chi connectivity index (χ1v) is 6.05. The molecule has 1 N–H and O–H groups in total. The lowest BCUT2D eigenvalue weighted by molar-refractivity contribution is 0.115. The summed E-state index contributed by atoms with van der Waals surface area (Å²) in [5.74, 6) is 0.891. The predicted molar refractivity (Wildman–Crippen MR) is 65.6 cm³/mol. The molecule has 0 radical (unpaired) electrons. The summed E-state index contributed by atoms with van der Waals surface area (Å²) in [7, 11) is 1.71. The summed E-state index contributed by atoms with van der Waals surface area (Å²) in [6.07, 6.45) is 2.80. The van der Waals surface area contributed by atoms with Crippen LogP contribution in [-0.2, 0) is 4.74 Å². The lowest BCUT2D eigenvalue weighted by atomic mass is 10.2. The van der Waals surface area contributed by atoms with Gasteiger partial charge in [0.15, 0.2) is 0 Å². The standard InChI is InChI=1S/C11H15BrN2O2/c1-16-10-4-9(7-15)14(6-10)11-3-2-8(12)5-13-11/h2-3,5,9-10,15H,4,6-7H2,1H3/t9-,10+/m0/s1. The van der Waals surface area contributed by atoms with Crippen molar-refractivity contribution >= 4 is 21.7 Å². The molecule has 0 unspecified atom stereocenters. The first-order valence-electron chi connectivity index (χ1n) is 5.26. The highest BCUT2D eigenvalue weighted by molar-refractivity contribution is 9.10. The largest absolute Gasteiger partial charge is 0.394 e. The number of aliphatic hydroxyl groups excluding tert-OH is 1. The van der Waals surface area contributed by atoms with Crippen LogP contribution >= 0.6 is 15.9 Å². The van der Waals surface area contributed by atoms with Crippen LogP contribution in [0.2, 0.25) is 0 Å². The topological polar surface area (TPSA) is 45.6 Å². The van der Waals surface area contributed by atoms with Gasteiger partial charge in [-0.2, -0.15) is 0 Å². The van der Waals surface area contributed by atoms with Gasteiger partial charge in [-0.25, -0.2) is 4.98 Å². The number of methoxy groups -OCH3 is 1. The van der Waals surface area contributed by atoms with E-state index in [2.05, 4.69) is 25.8 Å². The van der Waals surface area contributed by atoms with Crippen LogP contribution in [0.1, 0.15) is 6.42 Å². The van der Waals surface area contributed by atoms with Crippen LogP contribution in [0.3, 0.4) is 0 Å². The van der Waals surface area contributed by atoms with Crippen molar-refractivity contribution in [3.05, 3.63) is 22.8 Å². The zero-order valence-electron chi connectivity index (χ0n) is 9.14. The van der Waals surface area contributed by atoms with Crippen LogP contribution in [0.15, 0.2) is 22.8 Å². The van der Waals surface area contributed by atoms with E-state index in [0.717, 1.165) is 23.3 Å². The van der Waals surface area contributed by atoms with E-state index in [1.807, 2.05) is 12.1 Å². The number of hydrogen-bond acceptors (Lipinski definition) is 4. The van der Waals surface area contributed by atoms with Crippen molar-refractivity contribution < 1.29 is 9.84 Å². The molecule has 1 aliphatic rings. The average molecular weight is 287 g/mol. The Balaban J connectivity index is 2.16. The molecule has 4 nitrogen and oxygen atoms in total. The zero-order valence-corrected chi connectivity index (χ0v) is 10.7. The number of hydrogen-bond donors (Lipinski definition) is 1. The zero-order chi connectivity index (χ0) is 11.5. The number of nitrogens with zero attached hydrogens (tertiary/aromatic N) is 2. The van der Waals surface area contributed by atoms with Crippen LogP contribution in [0.4, 0.5) is 5.82 Å². The van der Waals surface area contributed by atoms with Crippen LogP contribution in [0.5, 0.6) is 0 Å². The molecule has 1 fully saturated rings. The van der Waals surface area contributed by atoms with Gasteiger partial charge in [-0.1, -0.05) is 0 Å². The van der Waals surface area contributed by atoms with Crippen molar-refractivity contribution in [1.29, 1.82) is 0 Å². The number of aromatic nitrogens is 1. The van der Waals surface area contributed by atoms with Gasteiger partial charge in [0.05, 0.1) is 18.8 Å². The molecule has 1 aromatic heterocycles. The number of pyridine rings is 1. The molecule has 5 heteroatoms. The molecule has 2 atom stereocenters. The molecule has 0 aliphatic carbocycles. The van der Waals surface area contributed by atoms with Gasteiger partial charge in [-0.3, -0.25) is 0 Å². The molecule has 0 bridgehead atoms. The number of halogens is 1. The minimum absolute atomic E-state index is 0.110. The minimum atomic E-state index is 0.110. The third-order valence-corrected chi connectivity index (χ3v) is 3.40. The van der Waals surface area contributed by atoms with Crippen LogP contribution in [0, 0.1) is 0 Å². The molecule has 1 saturated heterocycles. The molecule has 0 spiro atoms. The highest BCUT2D eigenvalue weighted by atomic mass is 79.9. The molecule has 2 heterocycles. The Morgan fingerprint density at radius 3 is 3.00 bits per heavy atom. The molecule has 1 aromatic rings. The van der Waals surface area contributed by atoms with E-state index in [0.29, 0.717) is 0 Å². The SMILES string of the molecule is CO[C@@H]1C[C@@H](CO)N(c2ccc(Br)cn2)C1. The van der Waals surface area contributed by atoms with Gasteiger partial charge in [0.2, 0.25) is 0 Å². The molecule has 88 valence electrons. The van der Waals surface area contributed by atoms with Gasteiger partial charge in [-0.05, 0) is 34.5 Å². The van der Waals surface area contributed by atoms with Gasteiger partial charge in [0.25, 0.3) is 0 Å². The average Bonchev–Trinajstić information content (AvgIpc) is 2.73. The third-order valence-electron chi connectivity index (χ3n) is 2.93. The lowest BCUT2D eigenvalue weighted by Crippen LogP contribution is -2.33. The summed E-state index contributed by atoms with van der Waals surface area (Å²) >= 11 is 3.36. The van der Waals surface area contributed by atoms with Gasteiger partial charge >= 0.3 is 0 Å². The highest BCUT2D eigenvalue weighted by Gasteiger charge is 2.32. The Labute approximate surface area is 103 Å². The fourth-order valence-corrected chi connectivity index (χ4v) is 2.27. The second-order valence-electron chi connectivity index (χ2n) is 3.92. The Morgan fingerprint density at radius 1 is 1.62 bits per heavy atom. The molecule has 16 heavy (non-hydrogen) atoms. The Kier molecular flexibility index (Phi) is 3.78. The van der Waals surface area contributed by atoms with E-state index in [1.54, 1.807) is 13.3 Å². The first-order chi connectivity index (χ1) is 7.74. The summed E-state index contributed by atoms with van der Waals surface area (Å²) < 4.78 is 6.29. The highest BCUT2D eigenvalue weighted by Crippen LogP contribution is 2.25. The maximum Gasteiger partial charge on any atom is 0.128 e. The molecule has 0 saturated carbocycles. The summed E-state index contributed by atoms with van der Waals surface area (Å²) in [5, 5.41) is 9.33. The van der Waals surface area contributed by atoms with Crippen LogP contribution in [-0.4, -0.2) is 42.5 Å². The van der Waals surface area contributed by atoms with Gasteiger partial charge in [0, 0.05) is 24.3 Å². The van der Waals surface area contributed by atoms with Crippen LogP contribution in [0.25, 0.3) is 0 Å². The maximum atomic E-state index is 9.33. The number of rotatable bonds is 3. The lowest BCUT2D eigenvalue weighted by Gasteiger charge is -2.23. The number of anilines is 1. The molecule has 0 amide bonds. The summed E-state index contributed by atoms with van der Waals surface area (Å²) in [6.45, 7) is 0.925. The molecular formula is C11H15BrN2O2. The minimum Gasteiger partial charge on any atom is -0.394 e. The quantitative estimate of drug-likeness (QED) is 0.913. The third kappa shape index (κ3) is 2.36. The fourth-order valence-electron chi connectivity index (χ4n) is 2.04. The smallest absolute Gasteiger partial charge is 0.128 e. The molecule has 0 aromatic carbocycles. The second-order valence-corrected chi connectivity index (χ2v) is 4.83. The monoisotopic (exact) mass is 286 g/mol. The van der Waals surface area contributed by atoms with E-state index in [-0.39, 0.29) is 18.8 Å². The Morgan fingerprint density at radius 2 is 2.44 bits per heavy atom. The van der Waals surface area contributed by atoms with E-state index in [4.69, 9.17) is 4.74 Å². The first kappa shape index (κ1) is 11.8. The number of aliphatic hydroxyl groups is 1. The van der Waals surface area contributed by atoms with Gasteiger partial charge in [-0.15, -0.1) is 0 Å². The van der Waals surface area contributed by atoms with Crippen molar-refractivity contribution in [3.8, 4) is 0 Å². The normalized spacial score (nSPS) is 25.1. The van der Waals surface area contributed by atoms with Crippen LogP contribution < -0.4 is 4.90 Å². The summed E-state index contributed by atoms with van der Waals surface area (Å²) in [4.78, 5) is 6.44. The second kappa shape index (κ2) is 5.12.